The average molecular weight is 281 g/mol. The number of benzene rings is 2. The van der Waals surface area contributed by atoms with Gasteiger partial charge < -0.3 is 10.5 Å². The van der Waals surface area contributed by atoms with E-state index < -0.39 is 0 Å². The molecule has 0 saturated heterocycles. The topological polar surface area (TPSA) is 81.0 Å². The zero-order valence-corrected chi connectivity index (χ0v) is 11.6. The Bertz CT molecular complexity index is 838. The molecule has 106 valence electrons. The van der Waals surface area contributed by atoms with Gasteiger partial charge in [0.1, 0.15) is 5.75 Å². The van der Waals surface area contributed by atoms with Crippen molar-refractivity contribution < 1.29 is 4.74 Å². The molecule has 3 N–H and O–H groups in total. The van der Waals surface area contributed by atoms with Crippen LogP contribution in [0.5, 0.6) is 5.75 Å². The van der Waals surface area contributed by atoms with Crippen molar-refractivity contribution in [2.45, 2.75) is 6.42 Å². The van der Waals surface area contributed by atoms with Crippen molar-refractivity contribution in [2.75, 3.05) is 12.8 Å². The molecule has 0 amide bonds. The standard InChI is InChI=1S/C16H15N3O2/c1-21-12-5-2-10(3-6-12)8-15-13-7-4-11(17)9-14(13)16(20)19-18-15/h2-7,9H,8,17H2,1H3,(H,19,20). The molecule has 0 unspecified atom stereocenters. The SMILES string of the molecule is COc1ccc(Cc2n[nH]c(=O)c3cc(N)ccc23)cc1. The van der Waals surface area contributed by atoms with Crippen LogP contribution in [0.25, 0.3) is 10.8 Å². The highest BCUT2D eigenvalue weighted by molar-refractivity contribution is 5.86. The van der Waals surface area contributed by atoms with E-state index in [0.29, 0.717) is 17.5 Å². The molecule has 0 spiro atoms. The minimum atomic E-state index is -0.226. The van der Waals surface area contributed by atoms with Crippen LogP contribution >= 0.6 is 0 Å². The molecule has 0 aliphatic rings. The molecule has 3 aromatic rings. The number of ether oxygens (including phenoxy) is 1. The number of nitrogens with two attached hydrogens (primary N) is 1. The summed E-state index contributed by atoms with van der Waals surface area (Å²) in [5.74, 6) is 0.811. The second kappa shape index (κ2) is 5.28. The van der Waals surface area contributed by atoms with E-state index in [1.165, 1.54) is 0 Å². The van der Waals surface area contributed by atoms with Crippen molar-refractivity contribution >= 4 is 16.5 Å². The predicted octanol–water partition coefficient (Wildman–Crippen LogP) is 2.10. The Kier molecular flexibility index (Phi) is 3.31. The first kappa shape index (κ1) is 13.2. The molecule has 21 heavy (non-hydrogen) atoms. The van der Waals surface area contributed by atoms with Crippen molar-refractivity contribution in [1.82, 2.24) is 10.2 Å². The maximum absolute atomic E-state index is 11.8. The molecule has 0 aliphatic carbocycles. The minimum absolute atomic E-state index is 0.226. The van der Waals surface area contributed by atoms with Gasteiger partial charge in [0.2, 0.25) is 0 Å². The Morgan fingerprint density at radius 1 is 1.14 bits per heavy atom. The lowest BCUT2D eigenvalue weighted by atomic mass is 10.0. The largest absolute Gasteiger partial charge is 0.497 e. The maximum atomic E-state index is 11.8. The third kappa shape index (κ3) is 2.58. The van der Waals surface area contributed by atoms with Gasteiger partial charge in [-0.3, -0.25) is 4.79 Å². The number of H-pyrrole nitrogens is 1. The number of nitrogens with one attached hydrogen (secondary N) is 1. The second-order valence-corrected chi connectivity index (χ2v) is 4.83. The molecule has 0 atom stereocenters. The van der Waals surface area contributed by atoms with Crippen molar-refractivity contribution in [2.24, 2.45) is 0 Å². The zero-order chi connectivity index (χ0) is 14.8. The summed E-state index contributed by atoms with van der Waals surface area (Å²) in [6.07, 6.45) is 0.626. The van der Waals surface area contributed by atoms with E-state index in [0.717, 1.165) is 22.4 Å². The highest BCUT2D eigenvalue weighted by Gasteiger charge is 2.08. The van der Waals surface area contributed by atoms with Crippen LogP contribution in [0.1, 0.15) is 11.3 Å². The first-order valence-electron chi connectivity index (χ1n) is 6.57. The van der Waals surface area contributed by atoms with Crippen LogP contribution < -0.4 is 16.0 Å². The number of nitrogen functional groups attached to an aromatic ring is 1. The Balaban J connectivity index is 2.04. The Morgan fingerprint density at radius 2 is 1.90 bits per heavy atom. The smallest absolute Gasteiger partial charge is 0.272 e. The van der Waals surface area contributed by atoms with Crippen LogP contribution in [0.2, 0.25) is 0 Å². The fourth-order valence-electron chi connectivity index (χ4n) is 2.31. The quantitative estimate of drug-likeness (QED) is 0.720. The number of hydrogen-bond acceptors (Lipinski definition) is 4. The van der Waals surface area contributed by atoms with Crippen molar-refractivity contribution in [3.63, 3.8) is 0 Å². The molecule has 5 heteroatoms. The van der Waals surface area contributed by atoms with Crippen molar-refractivity contribution in [3.8, 4) is 5.75 Å². The molecular formula is C16H15N3O2. The van der Waals surface area contributed by atoms with E-state index in [-0.39, 0.29) is 5.56 Å². The van der Waals surface area contributed by atoms with Gasteiger partial charge in [-0.25, -0.2) is 5.10 Å². The lowest BCUT2D eigenvalue weighted by Crippen LogP contribution is -2.11. The number of anilines is 1. The summed E-state index contributed by atoms with van der Waals surface area (Å²) in [6.45, 7) is 0. The Hall–Kier alpha value is -2.82. The van der Waals surface area contributed by atoms with Crippen molar-refractivity contribution in [3.05, 3.63) is 64.1 Å². The maximum Gasteiger partial charge on any atom is 0.272 e. The Morgan fingerprint density at radius 3 is 2.62 bits per heavy atom. The molecule has 0 fully saturated rings. The summed E-state index contributed by atoms with van der Waals surface area (Å²) in [5.41, 5.74) is 7.98. The van der Waals surface area contributed by atoms with Gasteiger partial charge in [0.15, 0.2) is 0 Å². The number of hydrogen-bond donors (Lipinski definition) is 2. The van der Waals surface area contributed by atoms with Gasteiger partial charge in [-0.15, -0.1) is 0 Å². The molecule has 2 aromatic carbocycles. The summed E-state index contributed by atoms with van der Waals surface area (Å²) in [6, 6.07) is 13.1. The van der Waals surface area contributed by atoms with Gasteiger partial charge in [-0.05, 0) is 29.8 Å². The van der Waals surface area contributed by atoms with Crippen LogP contribution in [0.3, 0.4) is 0 Å². The fourth-order valence-corrected chi connectivity index (χ4v) is 2.31. The number of rotatable bonds is 3. The first-order chi connectivity index (χ1) is 10.2. The van der Waals surface area contributed by atoms with Crippen LogP contribution in [0.4, 0.5) is 5.69 Å². The van der Waals surface area contributed by atoms with E-state index in [2.05, 4.69) is 10.2 Å². The number of aromatic amines is 1. The van der Waals surface area contributed by atoms with Gasteiger partial charge >= 0.3 is 0 Å². The molecule has 3 rings (SSSR count). The lowest BCUT2D eigenvalue weighted by Gasteiger charge is -2.06. The summed E-state index contributed by atoms with van der Waals surface area (Å²) < 4.78 is 5.14. The summed E-state index contributed by atoms with van der Waals surface area (Å²) in [5, 5.41) is 8.08. The number of nitrogens with zero attached hydrogens (tertiary/aromatic N) is 1. The van der Waals surface area contributed by atoms with E-state index in [9.17, 15) is 4.79 Å². The summed E-state index contributed by atoms with van der Waals surface area (Å²) in [7, 11) is 1.64. The van der Waals surface area contributed by atoms with Gasteiger partial charge in [-0.1, -0.05) is 18.2 Å². The summed E-state index contributed by atoms with van der Waals surface area (Å²) in [4.78, 5) is 11.8. The molecule has 1 aromatic heterocycles. The van der Waals surface area contributed by atoms with E-state index >= 15 is 0 Å². The molecule has 0 aliphatic heterocycles. The highest BCUT2D eigenvalue weighted by Crippen LogP contribution is 2.20. The number of methoxy groups -OCH3 is 1. The second-order valence-electron chi connectivity index (χ2n) is 4.83. The fraction of sp³-hybridized carbons (Fsp3) is 0.125. The average Bonchev–Trinajstić information content (AvgIpc) is 2.51. The molecule has 0 bridgehead atoms. The minimum Gasteiger partial charge on any atom is -0.497 e. The van der Waals surface area contributed by atoms with Crippen LogP contribution in [-0.4, -0.2) is 17.3 Å². The predicted molar refractivity (Wildman–Crippen MR) is 82.6 cm³/mol. The van der Waals surface area contributed by atoms with Gasteiger partial charge in [-0.2, -0.15) is 5.10 Å². The summed E-state index contributed by atoms with van der Waals surface area (Å²) >= 11 is 0. The molecule has 1 heterocycles. The van der Waals surface area contributed by atoms with Crippen molar-refractivity contribution in [1.29, 1.82) is 0 Å². The van der Waals surface area contributed by atoms with Crippen LogP contribution in [0.15, 0.2) is 47.3 Å². The number of aromatic nitrogens is 2. The highest BCUT2D eigenvalue weighted by atomic mass is 16.5. The Labute approximate surface area is 121 Å². The van der Waals surface area contributed by atoms with Crippen LogP contribution in [-0.2, 0) is 6.42 Å². The lowest BCUT2D eigenvalue weighted by molar-refractivity contribution is 0.414. The van der Waals surface area contributed by atoms with E-state index in [1.807, 2.05) is 30.3 Å². The molecule has 5 nitrogen and oxygen atoms in total. The molecular weight excluding hydrogens is 266 g/mol. The van der Waals surface area contributed by atoms with Gasteiger partial charge in [0, 0.05) is 17.5 Å². The number of fused-ring (bicyclic) bond motifs is 1. The zero-order valence-electron chi connectivity index (χ0n) is 11.6. The normalized spacial score (nSPS) is 10.7. The molecule has 0 saturated carbocycles. The van der Waals surface area contributed by atoms with E-state index in [4.69, 9.17) is 10.5 Å². The monoisotopic (exact) mass is 281 g/mol. The van der Waals surface area contributed by atoms with Gasteiger partial charge in [0.05, 0.1) is 18.2 Å². The first-order valence-corrected chi connectivity index (χ1v) is 6.57. The van der Waals surface area contributed by atoms with Crippen LogP contribution in [0, 0.1) is 0 Å². The third-order valence-electron chi connectivity index (χ3n) is 3.42. The third-order valence-corrected chi connectivity index (χ3v) is 3.42. The van der Waals surface area contributed by atoms with Gasteiger partial charge in [0.25, 0.3) is 5.56 Å². The molecule has 0 radical (unpaired) electrons. The van der Waals surface area contributed by atoms with E-state index in [1.54, 1.807) is 19.2 Å².